The highest BCUT2D eigenvalue weighted by molar-refractivity contribution is 5.88. The first-order chi connectivity index (χ1) is 15.0. The summed E-state index contributed by atoms with van der Waals surface area (Å²) in [7, 11) is 1.64. The molecule has 1 aliphatic heterocycles. The van der Waals surface area contributed by atoms with Crippen LogP contribution in [0, 0.1) is 5.82 Å². The Bertz CT molecular complexity index is 1050. The van der Waals surface area contributed by atoms with Gasteiger partial charge in [0.05, 0.1) is 24.4 Å². The lowest BCUT2D eigenvalue weighted by Gasteiger charge is -2.25. The van der Waals surface area contributed by atoms with Gasteiger partial charge in [0.1, 0.15) is 11.6 Å². The molecule has 1 aliphatic rings. The zero-order chi connectivity index (χ0) is 21.8. The SMILES string of the molecule is COc1ccc(C2CCCN2c2ncc(C(=O)O)c(CCc3ccc(F)cc3)n2)cc1. The minimum absolute atomic E-state index is 0.103. The minimum atomic E-state index is -1.05. The topological polar surface area (TPSA) is 75.5 Å². The Morgan fingerprint density at radius 3 is 2.58 bits per heavy atom. The van der Waals surface area contributed by atoms with Gasteiger partial charge in [0.25, 0.3) is 0 Å². The number of carboxylic acid groups (broad SMARTS) is 1. The molecule has 1 atom stereocenters. The Morgan fingerprint density at radius 2 is 1.90 bits per heavy atom. The van der Waals surface area contributed by atoms with Gasteiger partial charge in [0.15, 0.2) is 0 Å². The number of rotatable bonds is 7. The van der Waals surface area contributed by atoms with E-state index in [4.69, 9.17) is 4.74 Å². The molecule has 1 N–H and O–H groups in total. The number of carbonyl (C=O) groups is 1. The van der Waals surface area contributed by atoms with E-state index in [0.29, 0.717) is 24.5 Å². The van der Waals surface area contributed by atoms with Gasteiger partial charge in [-0.3, -0.25) is 0 Å². The second-order valence-corrected chi connectivity index (χ2v) is 7.59. The van der Waals surface area contributed by atoms with E-state index in [1.54, 1.807) is 19.2 Å². The molecule has 0 bridgehead atoms. The predicted octanol–water partition coefficient (Wildman–Crippen LogP) is 4.45. The highest BCUT2D eigenvalue weighted by atomic mass is 19.1. The lowest BCUT2D eigenvalue weighted by molar-refractivity contribution is 0.0694. The molecule has 3 aromatic rings. The molecule has 2 heterocycles. The van der Waals surface area contributed by atoms with Crippen LogP contribution in [0.25, 0.3) is 0 Å². The maximum absolute atomic E-state index is 13.2. The fourth-order valence-electron chi connectivity index (χ4n) is 4.01. The first kappa shape index (κ1) is 20.8. The molecule has 1 saturated heterocycles. The van der Waals surface area contributed by atoms with Crippen molar-refractivity contribution >= 4 is 11.9 Å². The third kappa shape index (κ3) is 4.66. The van der Waals surface area contributed by atoms with E-state index < -0.39 is 5.97 Å². The van der Waals surface area contributed by atoms with Crippen LogP contribution in [-0.4, -0.2) is 34.7 Å². The molecule has 31 heavy (non-hydrogen) atoms. The Morgan fingerprint density at radius 1 is 1.16 bits per heavy atom. The van der Waals surface area contributed by atoms with Crippen LogP contribution in [0.5, 0.6) is 5.75 Å². The van der Waals surface area contributed by atoms with Crippen LogP contribution < -0.4 is 9.64 Å². The third-order valence-corrected chi connectivity index (χ3v) is 5.66. The van der Waals surface area contributed by atoms with E-state index in [-0.39, 0.29) is 17.4 Å². The number of aryl methyl sites for hydroxylation is 2. The number of aromatic carboxylic acids is 1. The number of methoxy groups -OCH3 is 1. The third-order valence-electron chi connectivity index (χ3n) is 5.66. The number of ether oxygens (including phenoxy) is 1. The molecular weight excluding hydrogens is 397 g/mol. The zero-order valence-electron chi connectivity index (χ0n) is 17.3. The summed E-state index contributed by atoms with van der Waals surface area (Å²) in [6.45, 7) is 0.806. The van der Waals surface area contributed by atoms with Crippen molar-refractivity contribution in [1.29, 1.82) is 0 Å². The molecule has 4 rings (SSSR count). The predicted molar refractivity (Wildman–Crippen MR) is 115 cm³/mol. The molecule has 1 unspecified atom stereocenters. The Labute approximate surface area is 180 Å². The summed E-state index contributed by atoms with van der Waals surface area (Å²) in [6.07, 6.45) is 4.38. The average Bonchev–Trinajstić information content (AvgIpc) is 3.28. The Hall–Kier alpha value is -3.48. The van der Waals surface area contributed by atoms with Gasteiger partial charge in [-0.2, -0.15) is 0 Å². The highest BCUT2D eigenvalue weighted by Crippen LogP contribution is 2.35. The fourth-order valence-corrected chi connectivity index (χ4v) is 4.01. The van der Waals surface area contributed by atoms with Crippen molar-refractivity contribution in [3.05, 3.63) is 82.9 Å². The van der Waals surface area contributed by atoms with Crippen molar-refractivity contribution in [3.8, 4) is 5.75 Å². The first-order valence-corrected chi connectivity index (χ1v) is 10.3. The van der Waals surface area contributed by atoms with E-state index in [1.165, 1.54) is 18.3 Å². The molecule has 0 aliphatic carbocycles. The van der Waals surface area contributed by atoms with Crippen LogP contribution in [0.3, 0.4) is 0 Å². The lowest BCUT2D eigenvalue weighted by atomic mass is 10.0. The Balaban J connectivity index is 1.59. The standard InChI is InChI=1S/C24H24FN3O3/c1-31-19-11-7-17(8-12-19)22-3-2-14-28(22)24-26-15-20(23(29)30)21(27-24)13-6-16-4-9-18(25)10-5-16/h4-5,7-12,15,22H,2-3,6,13-14H2,1H3,(H,29,30). The fraction of sp³-hybridized carbons (Fsp3) is 0.292. The lowest BCUT2D eigenvalue weighted by Crippen LogP contribution is -2.25. The van der Waals surface area contributed by atoms with Crippen molar-refractivity contribution in [2.45, 2.75) is 31.7 Å². The van der Waals surface area contributed by atoms with Gasteiger partial charge in [0.2, 0.25) is 5.95 Å². The summed E-state index contributed by atoms with van der Waals surface area (Å²) in [4.78, 5) is 22.9. The van der Waals surface area contributed by atoms with Gasteiger partial charge < -0.3 is 14.7 Å². The number of anilines is 1. The first-order valence-electron chi connectivity index (χ1n) is 10.3. The smallest absolute Gasteiger partial charge is 0.339 e. The van der Waals surface area contributed by atoms with Gasteiger partial charge in [-0.15, -0.1) is 0 Å². The normalized spacial score (nSPS) is 15.8. The van der Waals surface area contributed by atoms with E-state index in [1.807, 2.05) is 24.3 Å². The van der Waals surface area contributed by atoms with Gasteiger partial charge >= 0.3 is 5.97 Å². The molecule has 2 aromatic carbocycles. The van der Waals surface area contributed by atoms with Crippen molar-refractivity contribution < 1.29 is 19.0 Å². The second kappa shape index (κ2) is 9.12. The van der Waals surface area contributed by atoms with Gasteiger partial charge in [-0.1, -0.05) is 24.3 Å². The summed E-state index contributed by atoms with van der Waals surface area (Å²) in [5, 5.41) is 9.58. The van der Waals surface area contributed by atoms with Crippen LogP contribution in [0.15, 0.2) is 54.7 Å². The van der Waals surface area contributed by atoms with Crippen LogP contribution in [0.4, 0.5) is 10.3 Å². The summed E-state index contributed by atoms with van der Waals surface area (Å²) in [5.74, 6) is 0.00236. The molecule has 0 amide bonds. The summed E-state index contributed by atoms with van der Waals surface area (Å²) in [5.41, 5.74) is 2.67. The monoisotopic (exact) mass is 421 g/mol. The maximum atomic E-state index is 13.2. The van der Waals surface area contributed by atoms with Gasteiger partial charge in [-0.05, 0) is 61.1 Å². The molecular formula is C24H24FN3O3. The van der Waals surface area contributed by atoms with Crippen LogP contribution in [-0.2, 0) is 12.8 Å². The summed E-state index contributed by atoms with van der Waals surface area (Å²) < 4.78 is 18.4. The summed E-state index contributed by atoms with van der Waals surface area (Å²) >= 11 is 0. The van der Waals surface area contributed by atoms with Crippen LogP contribution in [0.1, 0.15) is 46.1 Å². The molecule has 1 aromatic heterocycles. The molecule has 6 nitrogen and oxygen atoms in total. The van der Waals surface area contributed by atoms with Crippen molar-refractivity contribution in [2.75, 3.05) is 18.6 Å². The molecule has 7 heteroatoms. The minimum Gasteiger partial charge on any atom is -0.497 e. The Kier molecular flexibility index (Phi) is 6.11. The number of hydrogen-bond donors (Lipinski definition) is 1. The van der Waals surface area contributed by atoms with E-state index in [9.17, 15) is 14.3 Å². The molecule has 1 fully saturated rings. The molecule has 0 radical (unpaired) electrons. The number of aromatic nitrogens is 2. The van der Waals surface area contributed by atoms with Crippen molar-refractivity contribution in [3.63, 3.8) is 0 Å². The highest BCUT2D eigenvalue weighted by Gasteiger charge is 2.29. The largest absolute Gasteiger partial charge is 0.497 e. The number of carboxylic acids is 1. The number of halogens is 1. The van der Waals surface area contributed by atoms with Gasteiger partial charge in [-0.25, -0.2) is 19.2 Å². The van der Waals surface area contributed by atoms with E-state index in [0.717, 1.165) is 36.3 Å². The maximum Gasteiger partial charge on any atom is 0.339 e. The molecule has 0 saturated carbocycles. The van der Waals surface area contributed by atoms with Crippen LogP contribution in [0.2, 0.25) is 0 Å². The quantitative estimate of drug-likeness (QED) is 0.608. The van der Waals surface area contributed by atoms with E-state index in [2.05, 4.69) is 14.9 Å². The summed E-state index contributed by atoms with van der Waals surface area (Å²) in [6, 6.07) is 14.3. The number of hydrogen-bond acceptors (Lipinski definition) is 5. The van der Waals surface area contributed by atoms with Crippen LogP contribution >= 0.6 is 0 Å². The second-order valence-electron chi connectivity index (χ2n) is 7.59. The van der Waals surface area contributed by atoms with Crippen molar-refractivity contribution in [1.82, 2.24) is 9.97 Å². The van der Waals surface area contributed by atoms with E-state index >= 15 is 0 Å². The van der Waals surface area contributed by atoms with Gasteiger partial charge in [0, 0.05) is 12.7 Å². The van der Waals surface area contributed by atoms with Crippen molar-refractivity contribution in [2.24, 2.45) is 0 Å². The average molecular weight is 421 g/mol. The number of benzene rings is 2. The number of nitrogens with zero attached hydrogens (tertiary/aromatic N) is 3. The zero-order valence-corrected chi connectivity index (χ0v) is 17.3. The molecule has 160 valence electrons. The molecule has 0 spiro atoms.